The quantitative estimate of drug-likeness (QED) is 0.313. The molecule has 0 spiro atoms. The number of hydrogen-bond donors (Lipinski definition) is 0. The van der Waals surface area contributed by atoms with E-state index < -0.39 is 10.9 Å². The summed E-state index contributed by atoms with van der Waals surface area (Å²) in [5.74, 6) is 0.241. The topological polar surface area (TPSA) is 87.9 Å². The van der Waals surface area contributed by atoms with Gasteiger partial charge in [0.05, 0.1) is 24.2 Å². The average Bonchev–Trinajstić information content (AvgIpc) is 2.64. The standard InChI is InChI=1S/C18H16ClNO6/c1-24-16-10-13(5-8-17(21)25-2)9-15(19)18(16)26-11-12-3-6-14(7-4-12)20(22)23/h3-10H,11H2,1-2H3/b8-5+. The average molecular weight is 378 g/mol. The number of rotatable bonds is 7. The van der Waals surface area contributed by atoms with E-state index in [9.17, 15) is 14.9 Å². The second-order valence-corrected chi connectivity index (χ2v) is 5.51. The third-order valence-electron chi connectivity index (χ3n) is 3.40. The van der Waals surface area contributed by atoms with Crippen molar-refractivity contribution >= 4 is 29.3 Å². The molecule has 0 amide bonds. The molecule has 0 aromatic heterocycles. The van der Waals surface area contributed by atoms with E-state index in [4.69, 9.17) is 21.1 Å². The van der Waals surface area contributed by atoms with Gasteiger partial charge in [-0.2, -0.15) is 0 Å². The lowest BCUT2D eigenvalue weighted by Crippen LogP contribution is -1.99. The first kappa shape index (κ1) is 19.3. The number of esters is 1. The molecule has 2 aromatic rings. The highest BCUT2D eigenvalue weighted by atomic mass is 35.5. The Kier molecular flexibility index (Phi) is 6.57. The summed E-state index contributed by atoms with van der Waals surface area (Å²) >= 11 is 6.25. The Morgan fingerprint density at radius 3 is 2.50 bits per heavy atom. The molecular weight excluding hydrogens is 362 g/mol. The highest BCUT2D eigenvalue weighted by molar-refractivity contribution is 6.32. The predicted molar refractivity (Wildman–Crippen MR) is 96.5 cm³/mol. The van der Waals surface area contributed by atoms with Crippen molar-refractivity contribution in [3.8, 4) is 11.5 Å². The lowest BCUT2D eigenvalue weighted by molar-refractivity contribution is -0.384. The van der Waals surface area contributed by atoms with Crippen LogP contribution in [0.1, 0.15) is 11.1 Å². The molecule has 0 aliphatic rings. The Morgan fingerprint density at radius 1 is 1.23 bits per heavy atom. The summed E-state index contributed by atoms with van der Waals surface area (Å²) in [7, 11) is 2.76. The van der Waals surface area contributed by atoms with E-state index in [2.05, 4.69) is 4.74 Å². The first-order valence-electron chi connectivity index (χ1n) is 7.44. The van der Waals surface area contributed by atoms with E-state index in [0.717, 1.165) is 5.56 Å². The van der Waals surface area contributed by atoms with Crippen molar-refractivity contribution in [3.05, 3.63) is 68.7 Å². The van der Waals surface area contributed by atoms with Crippen molar-refractivity contribution in [2.45, 2.75) is 6.61 Å². The van der Waals surface area contributed by atoms with Gasteiger partial charge < -0.3 is 14.2 Å². The maximum atomic E-state index is 11.2. The summed E-state index contributed by atoms with van der Waals surface area (Å²) in [6.45, 7) is 0.158. The Hall–Kier alpha value is -3.06. The Labute approximate surface area is 154 Å². The highest BCUT2D eigenvalue weighted by Gasteiger charge is 2.12. The van der Waals surface area contributed by atoms with Crippen molar-refractivity contribution < 1.29 is 23.9 Å². The summed E-state index contributed by atoms with van der Waals surface area (Å²) in [6, 6.07) is 9.29. The van der Waals surface area contributed by atoms with Gasteiger partial charge in [0.15, 0.2) is 11.5 Å². The molecule has 2 rings (SSSR count). The number of halogens is 1. The molecule has 0 N–H and O–H groups in total. The van der Waals surface area contributed by atoms with Gasteiger partial charge in [-0.25, -0.2) is 4.79 Å². The van der Waals surface area contributed by atoms with Crippen LogP contribution in [-0.2, 0) is 16.1 Å². The zero-order chi connectivity index (χ0) is 19.1. The van der Waals surface area contributed by atoms with E-state index in [1.807, 2.05) is 0 Å². The predicted octanol–water partition coefficient (Wildman–Crippen LogP) is 4.02. The fraction of sp³-hybridized carbons (Fsp3) is 0.167. The molecule has 0 fully saturated rings. The van der Waals surface area contributed by atoms with Crippen molar-refractivity contribution in [3.63, 3.8) is 0 Å². The maximum absolute atomic E-state index is 11.2. The minimum atomic E-state index is -0.487. The molecule has 0 bridgehead atoms. The Morgan fingerprint density at radius 2 is 1.92 bits per heavy atom. The fourth-order valence-corrected chi connectivity index (χ4v) is 2.35. The van der Waals surface area contributed by atoms with E-state index >= 15 is 0 Å². The summed E-state index contributed by atoms with van der Waals surface area (Å²) in [4.78, 5) is 21.4. The number of nitro groups is 1. The molecule has 0 aliphatic heterocycles. The van der Waals surface area contributed by atoms with Crippen molar-refractivity contribution in [1.82, 2.24) is 0 Å². The minimum Gasteiger partial charge on any atom is -0.493 e. The number of ether oxygens (including phenoxy) is 3. The molecule has 2 aromatic carbocycles. The third-order valence-corrected chi connectivity index (χ3v) is 3.68. The molecule has 0 unspecified atom stereocenters. The van der Waals surface area contributed by atoms with Gasteiger partial charge in [0, 0.05) is 18.2 Å². The summed E-state index contributed by atoms with van der Waals surface area (Å²) < 4.78 is 15.5. The van der Waals surface area contributed by atoms with Crippen LogP contribution in [0.25, 0.3) is 6.08 Å². The third kappa shape index (κ3) is 4.97. The first-order valence-corrected chi connectivity index (χ1v) is 7.82. The number of benzene rings is 2. The van der Waals surface area contributed by atoms with Crippen LogP contribution in [0.3, 0.4) is 0 Å². The van der Waals surface area contributed by atoms with E-state index in [1.54, 1.807) is 30.3 Å². The van der Waals surface area contributed by atoms with Gasteiger partial charge in [-0.15, -0.1) is 0 Å². The van der Waals surface area contributed by atoms with Crippen LogP contribution < -0.4 is 9.47 Å². The van der Waals surface area contributed by atoms with Gasteiger partial charge in [0.25, 0.3) is 5.69 Å². The first-order chi connectivity index (χ1) is 12.4. The van der Waals surface area contributed by atoms with Crippen molar-refractivity contribution in [2.75, 3.05) is 14.2 Å². The summed E-state index contributed by atoms with van der Waals surface area (Å²) in [5.41, 5.74) is 1.38. The number of carbonyl (C=O) groups is 1. The fourth-order valence-electron chi connectivity index (χ4n) is 2.08. The zero-order valence-corrected chi connectivity index (χ0v) is 14.9. The second kappa shape index (κ2) is 8.87. The zero-order valence-electron chi connectivity index (χ0n) is 14.1. The van der Waals surface area contributed by atoms with Gasteiger partial charge in [-0.05, 0) is 41.5 Å². The summed E-state index contributed by atoms with van der Waals surface area (Å²) in [5, 5.41) is 11.0. The molecule has 0 saturated heterocycles. The molecule has 8 heteroatoms. The summed E-state index contributed by atoms with van der Waals surface area (Å²) in [6.07, 6.45) is 2.81. The molecular formula is C18H16ClNO6. The number of hydrogen-bond acceptors (Lipinski definition) is 6. The number of nitro benzene ring substituents is 1. The van der Waals surface area contributed by atoms with Crippen LogP contribution in [0, 0.1) is 10.1 Å². The van der Waals surface area contributed by atoms with E-state index in [0.29, 0.717) is 22.1 Å². The maximum Gasteiger partial charge on any atom is 0.330 e. The lowest BCUT2D eigenvalue weighted by Gasteiger charge is -2.13. The Bertz CT molecular complexity index is 832. The van der Waals surface area contributed by atoms with Crippen LogP contribution in [0.4, 0.5) is 5.69 Å². The molecule has 0 radical (unpaired) electrons. The monoisotopic (exact) mass is 377 g/mol. The number of methoxy groups -OCH3 is 2. The molecule has 0 heterocycles. The smallest absolute Gasteiger partial charge is 0.330 e. The van der Waals surface area contributed by atoms with Crippen LogP contribution in [0.15, 0.2) is 42.5 Å². The highest BCUT2D eigenvalue weighted by Crippen LogP contribution is 2.37. The largest absolute Gasteiger partial charge is 0.493 e. The normalized spacial score (nSPS) is 10.6. The lowest BCUT2D eigenvalue weighted by atomic mass is 10.2. The molecule has 0 atom stereocenters. The van der Waals surface area contributed by atoms with Gasteiger partial charge in [-0.1, -0.05) is 11.6 Å². The molecule has 136 valence electrons. The second-order valence-electron chi connectivity index (χ2n) is 5.10. The Balaban J connectivity index is 2.17. The number of non-ortho nitro benzene ring substituents is 1. The molecule has 7 nitrogen and oxygen atoms in total. The van der Waals surface area contributed by atoms with Crippen LogP contribution in [0.5, 0.6) is 11.5 Å². The van der Waals surface area contributed by atoms with E-state index in [-0.39, 0.29) is 12.3 Å². The molecule has 0 aliphatic carbocycles. The van der Waals surface area contributed by atoms with Crippen LogP contribution >= 0.6 is 11.6 Å². The van der Waals surface area contributed by atoms with Gasteiger partial charge in [0.2, 0.25) is 0 Å². The molecule has 0 saturated carbocycles. The van der Waals surface area contributed by atoms with Crippen LogP contribution in [0.2, 0.25) is 5.02 Å². The van der Waals surface area contributed by atoms with Gasteiger partial charge in [-0.3, -0.25) is 10.1 Å². The van der Waals surface area contributed by atoms with Gasteiger partial charge >= 0.3 is 5.97 Å². The SMILES string of the molecule is COC(=O)/C=C/c1cc(Cl)c(OCc2ccc([N+](=O)[O-])cc2)c(OC)c1. The number of nitrogens with zero attached hydrogens (tertiary/aromatic N) is 1. The van der Waals surface area contributed by atoms with Gasteiger partial charge in [0.1, 0.15) is 6.61 Å². The van der Waals surface area contributed by atoms with Crippen molar-refractivity contribution in [2.24, 2.45) is 0 Å². The minimum absolute atomic E-state index is 0.00566. The van der Waals surface area contributed by atoms with Crippen molar-refractivity contribution in [1.29, 1.82) is 0 Å². The van der Waals surface area contributed by atoms with Crippen LogP contribution in [-0.4, -0.2) is 25.1 Å². The molecule has 26 heavy (non-hydrogen) atoms. The number of carbonyl (C=O) groups excluding carboxylic acids is 1. The van der Waals surface area contributed by atoms with E-state index in [1.165, 1.54) is 32.4 Å².